The van der Waals surface area contributed by atoms with E-state index in [9.17, 15) is 4.79 Å². The third-order valence-electron chi connectivity index (χ3n) is 5.91. The lowest BCUT2D eigenvalue weighted by molar-refractivity contribution is -0.0115. The van der Waals surface area contributed by atoms with Gasteiger partial charge in [0.15, 0.2) is 0 Å². The van der Waals surface area contributed by atoms with Gasteiger partial charge in [-0.05, 0) is 60.3 Å². The summed E-state index contributed by atoms with van der Waals surface area (Å²) in [4.78, 5) is 11.5. The molecule has 1 fully saturated rings. The number of allylic oxidation sites excluding steroid dienone is 1. The zero-order valence-electron chi connectivity index (χ0n) is 13.9. The number of hydrogen-bond acceptors (Lipinski definition) is 3. The predicted octanol–water partition coefficient (Wildman–Crippen LogP) is 4.47. The summed E-state index contributed by atoms with van der Waals surface area (Å²) in [5.41, 5.74) is 3.04. The summed E-state index contributed by atoms with van der Waals surface area (Å²) in [7, 11) is 0. The van der Waals surface area contributed by atoms with E-state index in [1.807, 2.05) is 25.1 Å². The lowest BCUT2D eigenvalue weighted by atomic mass is 9.49. The molecule has 2 aromatic rings. The molecule has 5 rings (SSSR count). The maximum Gasteiger partial charge on any atom is 0.336 e. The molecule has 120 valence electrons. The molecule has 3 aliphatic carbocycles. The Bertz CT molecular complexity index is 857. The van der Waals surface area contributed by atoms with E-state index in [2.05, 4.69) is 19.9 Å². The first-order valence-electron chi connectivity index (χ1n) is 8.31. The Hall–Kier alpha value is -2.03. The van der Waals surface area contributed by atoms with Crippen LogP contribution in [0, 0.1) is 24.2 Å². The molecule has 0 N–H and O–H groups in total. The minimum atomic E-state index is -0.315. The number of ether oxygens (including phenoxy) is 1. The number of hydrogen-bond donors (Lipinski definition) is 0. The Balaban J connectivity index is 1.55. The smallest absolute Gasteiger partial charge is 0.336 e. The molecule has 3 aliphatic rings. The summed E-state index contributed by atoms with van der Waals surface area (Å²) in [6.45, 7) is 7.28. The van der Waals surface area contributed by atoms with Crippen LogP contribution in [0.25, 0.3) is 11.0 Å². The van der Waals surface area contributed by atoms with Crippen molar-refractivity contribution in [1.29, 1.82) is 0 Å². The van der Waals surface area contributed by atoms with Crippen LogP contribution in [-0.2, 0) is 0 Å². The van der Waals surface area contributed by atoms with Crippen LogP contribution in [0.15, 0.2) is 45.1 Å². The van der Waals surface area contributed by atoms with Crippen molar-refractivity contribution < 1.29 is 9.15 Å². The molecule has 1 saturated carbocycles. The van der Waals surface area contributed by atoms with E-state index in [0.717, 1.165) is 22.6 Å². The molecule has 3 nitrogen and oxygen atoms in total. The van der Waals surface area contributed by atoms with Gasteiger partial charge in [0.25, 0.3) is 0 Å². The molecule has 0 aliphatic heterocycles. The fraction of sp³-hybridized carbons (Fsp3) is 0.450. The van der Waals surface area contributed by atoms with Gasteiger partial charge in [-0.15, -0.1) is 0 Å². The highest BCUT2D eigenvalue weighted by molar-refractivity contribution is 5.81. The minimum Gasteiger partial charge on any atom is -0.489 e. The topological polar surface area (TPSA) is 39.4 Å². The summed E-state index contributed by atoms with van der Waals surface area (Å²) >= 11 is 0. The zero-order valence-corrected chi connectivity index (χ0v) is 13.9. The maximum atomic E-state index is 11.5. The Kier molecular flexibility index (Phi) is 3.15. The normalized spacial score (nSPS) is 24.9. The van der Waals surface area contributed by atoms with Gasteiger partial charge < -0.3 is 9.15 Å². The predicted molar refractivity (Wildman–Crippen MR) is 90.8 cm³/mol. The lowest BCUT2D eigenvalue weighted by Crippen LogP contribution is -2.48. The molecular weight excluding hydrogens is 288 g/mol. The number of aryl methyl sites for hydroxylation is 1. The van der Waals surface area contributed by atoms with E-state index < -0.39 is 0 Å². The van der Waals surface area contributed by atoms with Crippen molar-refractivity contribution in [3.05, 3.63) is 51.9 Å². The molecule has 3 heteroatoms. The van der Waals surface area contributed by atoms with Gasteiger partial charge >= 0.3 is 5.63 Å². The maximum absolute atomic E-state index is 11.5. The second-order valence-corrected chi connectivity index (χ2v) is 7.52. The SMILES string of the molecule is Cc1cc(=O)oc2cc(OCC3=CC[C@H]4C[C@@H]3C4(C)C)ccc12. The van der Waals surface area contributed by atoms with Crippen LogP contribution in [-0.4, -0.2) is 6.61 Å². The first kappa shape index (κ1) is 14.6. The quantitative estimate of drug-likeness (QED) is 0.620. The highest BCUT2D eigenvalue weighted by atomic mass is 16.5. The van der Waals surface area contributed by atoms with Crippen molar-refractivity contribution in [3.8, 4) is 5.75 Å². The van der Waals surface area contributed by atoms with Crippen molar-refractivity contribution in [3.63, 3.8) is 0 Å². The van der Waals surface area contributed by atoms with Gasteiger partial charge in [-0.1, -0.05) is 19.9 Å². The van der Waals surface area contributed by atoms with Crippen LogP contribution in [0.2, 0.25) is 0 Å². The van der Waals surface area contributed by atoms with Crippen LogP contribution in [0.1, 0.15) is 32.3 Å². The van der Waals surface area contributed by atoms with Crippen LogP contribution in [0.4, 0.5) is 0 Å². The molecule has 0 radical (unpaired) electrons. The molecule has 2 atom stereocenters. The van der Waals surface area contributed by atoms with Crippen molar-refractivity contribution in [2.45, 2.75) is 33.6 Å². The largest absolute Gasteiger partial charge is 0.489 e. The summed E-state index contributed by atoms with van der Waals surface area (Å²) in [6, 6.07) is 7.25. The lowest BCUT2D eigenvalue weighted by Gasteiger charge is -2.56. The van der Waals surface area contributed by atoms with Crippen LogP contribution in [0.5, 0.6) is 5.75 Å². The second kappa shape index (κ2) is 4.98. The molecular formula is C20H22O3. The molecule has 0 spiro atoms. The van der Waals surface area contributed by atoms with Crippen LogP contribution < -0.4 is 10.4 Å². The number of rotatable bonds is 3. The van der Waals surface area contributed by atoms with Crippen molar-refractivity contribution in [1.82, 2.24) is 0 Å². The van der Waals surface area contributed by atoms with Crippen molar-refractivity contribution in [2.24, 2.45) is 17.3 Å². The van der Waals surface area contributed by atoms with E-state index in [0.29, 0.717) is 23.5 Å². The summed E-state index contributed by atoms with van der Waals surface area (Å²) < 4.78 is 11.3. The van der Waals surface area contributed by atoms with E-state index in [1.54, 1.807) is 0 Å². The molecule has 1 aromatic heterocycles. The molecule has 1 heterocycles. The molecule has 0 unspecified atom stereocenters. The van der Waals surface area contributed by atoms with Gasteiger partial charge in [0, 0.05) is 17.5 Å². The van der Waals surface area contributed by atoms with Crippen molar-refractivity contribution >= 4 is 11.0 Å². The van der Waals surface area contributed by atoms with Gasteiger partial charge in [-0.2, -0.15) is 0 Å². The van der Waals surface area contributed by atoms with Gasteiger partial charge in [-0.25, -0.2) is 4.79 Å². The Morgan fingerprint density at radius 2 is 2.13 bits per heavy atom. The molecule has 2 bridgehead atoms. The summed E-state index contributed by atoms with van der Waals surface area (Å²) in [5.74, 6) is 2.25. The number of fused-ring (bicyclic) bond motifs is 2. The summed E-state index contributed by atoms with van der Waals surface area (Å²) in [6.07, 6.45) is 4.83. The fourth-order valence-corrected chi connectivity index (χ4v) is 4.20. The van der Waals surface area contributed by atoms with E-state index in [-0.39, 0.29) is 5.63 Å². The third kappa shape index (κ3) is 2.30. The molecule has 23 heavy (non-hydrogen) atoms. The third-order valence-corrected chi connectivity index (χ3v) is 5.91. The first-order chi connectivity index (χ1) is 10.9. The van der Waals surface area contributed by atoms with Crippen LogP contribution >= 0.6 is 0 Å². The van der Waals surface area contributed by atoms with Gasteiger partial charge in [-0.3, -0.25) is 0 Å². The highest BCUT2D eigenvalue weighted by Crippen LogP contribution is 2.59. The van der Waals surface area contributed by atoms with E-state index >= 15 is 0 Å². The molecule has 1 aromatic carbocycles. The first-order valence-corrected chi connectivity index (χ1v) is 8.31. The molecule has 0 saturated heterocycles. The average Bonchev–Trinajstić information content (AvgIpc) is 2.52. The zero-order chi connectivity index (χ0) is 16.2. The number of benzene rings is 1. The van der Waals surface area contributed by atoms with Crippen LogP contribution in [0.3, 0.4) is 0 Å². The monoisotopic (exact) mass is 310 g/mol. The summed E-state index contributed by atoms with van der Waals surface area (Å²) in [5, 5.41) is 0.955. The molecule has 0 amide bonds. The Labute approximate surface area is 136 Å². The van der Waals surface area contributed by atoms with E-state index in [1.165, 1.54) is 24.5 Å². The average molecular weight is 310 g/mol. The fourth-order valence-electron chi connectivity index (χ4n) is 4.20. The Morgan fingerprint density at radius 1 is 1.30 bits per heavy atom. The van der Waals surface area contributed by atoms with Gasteiger partial charge in [0.1, 0.15) is 17.9 Å². The second-order valence-electron chi connectivity index (χ2n) is 7.52. The standard InChI is InChI=1S/C20H22O3/c1-12-8-19(21)23-18-10-15(6-7-16(12)18)22-11-13-4-5-14-9-17(13)20(14,2)3/h4,6-8,10,14,17H,5,9,11H2,1-3H3/t14-,17-/m0/s1. The van der Waals surface area contributed by atoms with E-state index in [4.69, 9.17) is 9.15 Å². The minimum absolute atomic E-state index is 0.315. The Morgan fingerprint density at radius 3 is 2.87 bits per heavy atom. The van der Waals surface area contributed by atoms with Gasteiger partial charge in [0.2, 0.25) is 0 Å². The van der Waals surface area contributed by atoms with Crippen molar-refractivity contribution in [2.75, 3.05) is 6.61 Å². The van der Waals surface area contributed by atoms with Gasteiger partial charge in [0.05, 0.1) is 0 Å². The highest BCUT2D eigenvalue weighted by Gasteiger charge is 2.51.